The van der Waals surface area contributed by atoms with E-state index in [-0.39, 0.29) is 18.4 Å². The van der Waals surface area contributed by atoms with Crippen molar-refractivity contribution in [3.05, 3.63) is 30.3 Å². The van der Waals surface area contributed by atoms with Crippen molar-refractivity contribution >= 4 is 17.8 Å². The molecule has 5 N–H and O–H groups in total. The molecule has 9 heteroatoms. The maximum atomic E-state index is 11.3. The molecule has 146 valence electrons. The van der Waals surface area contributed by atoms with Crippen LogP contribution in [0.25, 0.3) is 0 Å². The predicted octanol–water partition coefficient (Wildman–Crippen LogP) is -0.0563. The average molecular weight is 370 g/mol. The molecular weight excluding hydrogens is 344 g/mol. The summed E-state index contributed by atoms with van der Waals surface area (Å²) in [4.78, 5) is 29.5. The second-order valence-electron chi connectivity index (χ2n) is 5.54. The first kappa shape index (κ1) is 23.4. The first-order chi connectivity index (χ1) is 12.2. The summed E-state index contributed by atoms with van der Waals surface area (Å²) in [5, 5.41) is 30.4. The second kappa shape index (κ2) is 13.6. The standard InChI is InChI=1S/C15H24N2O3.C2H2O4/c1-12(2)15(19)17-9-8-16-10-13(18)11-20-14-6-4-3-5-7-14;3-1(4)2(5)6/h3-7,12-13,16,18H,8-11H2,1-2H3,(H,17,19);(H,3,4)(H,5,6). The number of carbonyl (C=O) groups is 3. The van der Waals surface area contributed by atoms with Crippen LogP contribution >= 0.6 is 0 Å². The van der Waals surface area contributed by atoms with E-state index in [9.17, 15) is 9.90 Å². The summed E-state index contributed by atoms with van der Waals surface area (Å²) >= 11 is 0. The number of hydrogen-bond donors (Lipinski definition) is 5. The lowest BCUT2D eigenvalue weighted by Gasteiger charge is -2.13. The summed E-state index contributed by atoms with van der Waals surface area (Å²) in [7, 11) is 0. The third-order valence-electron chi connectivity index (χ3n) is 2.87. The van der Waals surface area contributed by atoms with Gasteiger partial charge in [0.1, 0.15) is 18.5 Å². The number of carboxylic acids is 2. The number of ether oxygens (including phenoxy) is 1. The Bertz CT molecular complexity index is 537. The summed E-state index contributed by atoms with van der Waals surface area (Å²) in [5.74, 6) is -2.86. The lowest BCUT2D eigenvalue weighted by Crippen LogP contribution is -2.38. The van der Waals surface area contributed by atoms with Crippen molar-refractivity contribution in [2.45, 2.75) is 20.0 Å². The minimum absolute atomic E-state index is 0.000127. The molecule has 9 nitrogen and oxygen atoms in total. The van der Waals surface area contributed by atoms with Crippen molar-refractivity contribution < 1.29 is 34.4 Å². The molecule has 0 spiro atoms. The quantitative estimate of drug-likeness (QED) is 0.300. The monoisotopic (exact) mass is 370 g/mol. The molecule has 1 aromatic carbocycles. The summed E-state index contributed by atoms with van der Waals surface area (Å²) in [5.41, 5.74) is 0. The topological polar surface area (TPSA) is 145 Å². The van der Waals surface area contributed by atoms with Crippen molar-refractivity contribution in [2.75, 3.05) is 26.2 Å². The molecule has 0 heterocycles. The van der Waals surface area contributed by atoms with Gasteiger partial charge in [-0.05, 0) is 12.1 Å². The van der Waals surface area contributed by atoms with Crippen LogP contribution in [0.1, 0.15) is 13.8 Å². The normalized spacial score (nSPS) is 11.1. The Labute approximate surface area is 152 Å². The van der Waals surface area contributed by atoms with Crippen molar-refractivity contribution in [2.24, 2.45) is 5.92 Å². The number of benzene rings is 1. The largest absolute Gasteiger partial charge is 0.491 e. The number of amides is 1. The molecular formula is C17H26N2O7. The minimum Gasteiger partial charge on any atom is -0.491 e. The van der Waals surface area contributed by atoms with Gasteiger partial charge in [0.2, 0.25) is 5.91 Å². The average Bonchev–Trinajstić information content (AvgIpc) is 2.60. The van der Waals surface area contributed by atoms with Crippen molar-refractivity contribution in [3.63, 3.8) is 0 Å². The Morgan fingerprint density at radius 2 is 1.62 bits per heavy atom. The molecule has 0 aliphatic carbocycles. The number of carbonyl (C=O) groups excluding carboxylic acids is 1. The van der Waals surface area contributed by atoms with E-state index >= 15 is 0 Å². The van der Waals surface area contributed by atoms with Gasteiger partial charge in [-0.15, -0.1) is 0 Å². The third-order valence-corrected chi connectivity index (χ3v) is 2.87. The SMILES string of the molecule is CC(C)C(=O)NCCNCC(O)COc1ccccc1.O=C(O)C(=O)O. The van der Waals surface area contributed by atoms with Crippen LogP contribution in [0.15, 0.2) is 30.3 Å². The van der Waals surface area contributed by atoms with E-state index in [1.54, 1.807) is 0 Å². The molecule has 0 aliphatic heterocycles. The zero-order valence-electron chi connectivity index (χ0n) is 14.8. The van der Waals surface area contributed by atoms with Gasteiger partial charge in [0.25, 0.3) is 0 Å². The molecule has 0 aliphatic rings. The highest BCUT2D eigenvalue weighted by atomic mass is 16.5. The van der Waals surface area contributed by atoms with Crippen LogP contribution in [0.2, 0.25) is 0 Å². The lowest BCUT2D eigenvalue weighted by atomic mass is 10.2. The van der Waals surface area contributed by atoms with Gasteiger partial charge in [-0.25, -0.2) is 9.59 Å². The van der Waals surface area contributed by atoms with Gasteiger partial charge in [-0.1, -0.05) is 32.0 Å². The highest BCUT2D eigenvalue weighted by molar-refractivity contribution is 6.27. The van der Waals surface area contributed by atoms with Crippen LogP contribution in [-0.2, 0) is 14.4 Å². The Hall–Kier alpha value is -2.65. The molecule has 0 fully saturated rings. The number of carboxylic acid groups (broad SMARTS) is 2. The molecule has 0 radical (unpaired) electrons. The molecule has 1 amide bonds. The van der Waals surface area contributed by atoms with Crippen LogP contribution in [0, 0.1) is 5.92 Å². The zero-order chi connectivity index (χ0) is 19.9. The molecule has 0 saturated heterocycles. The Morgan fingerprint density at radius 1 is 1.04 bits per heavy atom. The number of rotatable bonds is 9. The molecule has 0 bridgehead atoms. The fourth-order valence-electron chi connectivity index (χ4n) is 1.51. The summed E-state index contributed by atoms with van der Waals surface area (Å²) in [6.45, 7) is 5.57. The van der Waals surface area contributed by atoms with Crippen LogP contribution in [0.4, 0.5) is 0 Å². The van der Waals surface area contributed by atoms with Gasteiger partial charge in [0.05, 0.1) is 0 Å². The Kier molecular flexibility index (Phi) is 12.2. The number of aliphatic hydroxyl groups is 1. The van der Waals surface area contributed by atoms with E-state index in [4.69, 9.17) is 24.5 Å². The third kappa shape index (κ3) is 12.7. The maximum absolute atomic E-state index is 11.3. The van der Waals surface area contributed by atoms with Crippen LogP contribution < -0.4 is 15.4 Å². The highest BCUT2D eigenvalue weighted by Gasteiger charge is 2.06. The van der Waals surface area contributed by atoms with Crippen LogP contribution in [0.3, 0.4) is 0 Å². The van der Waals surface area contributed by atoms with Crippen molar-refractivity contribution in [3.8, 4) is 5.75 Å². The van der Waals surface area contributed by atoms with E-state index in [0.29, 0.717) is 19.6 Å². The number of para-hydroxylation sites is 1. The van der Waals surface area contributed by atoms with Crippen LogP contribution in [-0.4, -0.2) is 65.5 Å². The molecule has 1 aromatic rings. The van der Waals surface area contributed by atoms with Gasteiger partial charge < -0.3 is 30.7 Å². The number of aliphatic carboxylic acids is 2. The smallest absolute Gasteiger partial charge is 0.414 e. The fraction of sp³-hybridized carbons (Fsp3) is 0.471. The van der Waals surface area contributed by atoms with Gasteiger partial charge in [-0.3, -0.25) is 4.79 Å². The number of hydrogen-bond acceptors (Lipinski definition) is 6. The Morgan fingerprint density at radius 3 is 2.12 bits per heavy atom. The first-order valence-corrected chi connectivity index (χ1v) is 8.04. The van der Waals surface area contributed by atoms with Gasteiger partial charge in [0, 0.05) is 25.6 Å². The molecule has 0 saturated carbocycles. The highest BCUT2D eigenvalue weighted by Crippen LogP contribution is 2.08. The van der Waals surface area contributed by atoms with Crippen molar-refractivity contribution in [1.29, 1.82) is 0 Å². The molecule has 1 atom stereocenters. The minimum atomic E-state index is -1.82. The summed E-state index contributed by atoms with van der Waals surface area (Å²) < 4.78 is 5.43. The maximum Gasteiger partial charge on any atom is 0.414 e. The summed E-state index contributed by atoms with van der Waals surface area (Å²) in [6.07, 6.45) is -0.573. The number of aliphatic hydroxyl groups excluding tert-OH is 1. The van der Waals surface area contributed by atoms with E-state index in [2.05, 4.69) is 10.6 Å². The summed E-state index contributed by atoms with van der Waals surface area (Å²) in [6, 6.07) is 9.38. The predicted molar refractivity (Wildman–Crippen MR) is 93.9 cm³/mol. The molecule has 1 rings (SSSR count). The van der Waals surface area contributed by atoms with E-state index in [1.165, 1.54) is 0 Å². The van der Waals surface area contributed by atoms with Gasteiger partial charge in [0.15, 0.2) is 0 Å². The molecule has 0 aromatic heterocycles. The van der Waals surface area contributed by atoms with E-state index < -0.39 is 18.0 Å². The van der Waals surface area contributed by atoms with Crippen molar-refractivity contribution in [1.82, 2.24) is 10.6 Å². The molecule has 26 heavy (non-hydrogen) atoms. The van der Waals surface area contributed by atoms with E-state index in [0.717, 1.165) is 5.75 Å². The lowest BCUT2D eigenvalue weighted by molar-refractivity contribution is -0.159. The number of nitrogens with one attached hydrogen (secondary N) is 2. The fourth-order valence-corrected chi connectivity index (χ4v) is 1.51. The second-order valence-corrected chi connectivity index (χ2v) is 5.54. The van der Waals surface area contributed by atoms with Crippen LogP contribution in [0.5, 0.6) is 5.75 Å². The van der Waals surface area contributed by atoms with Gasteiger partial charge >= 0.3 is 11.9 Å². The zero-order valence-corrected chi connectivity index (χ0v) is 14.8. The van der Waals surface area contributed by atoms with Gasteiger partial charge in [-0.2, -0.15) is 0 Å². The Balaban J connectivity index is 0.000000896. The molecule has 1 unspecified atom stereocenters. The van der Waals surface area contributed by atoms with E-state index in [1.807, 2.05) is 44.2 Å². The first-order valence-electron chi connectivity index (χ1n) is 8.04.